The molecule has 198 valence electrons. The fourth-order valence-corrected chi connectivity index (χ4v) is 5.58. The Kier molecular flexibility index (Phi) is 6.22. The first-order valence-electron chi connectivity index (χ1n) is 13.3. The number of rotatable bonds is 6. The summed E-state index contributed by atoms with van der Waals surface area (Å²) in [6.45, 7) is 3.61. The summed E-state index contributed by atoms with van der Waals surface area (Å²) in [5, 5.41) is 16.7. The number of carboxylic acid groups (broad SMARTS) is 1. The van der Waals surface area contributed by atoms with Crippen LogP contribution in [0.3, 0.4) is 0 Å². The smallest absolute Gasteiger partial charge is 0.412 e. The van der Waals surface area contributed by atoms with Crippen molar-refractivity contribution in [2.45, 2.75) is 57.5 Å². The molecule has 2 aliphatic carbocycles. The quantitative estimate of drug-likeness (QED) is 0.277. The molecule has 0 bridgehead atoms. The number of carboxylic acids is 1. The Morgan fingerprint density at radius 2 is 1.69 bits per heavy atom. The maximum Gasteiger partial charge on any atom is 0.412 e. The van der Waals surface area contributed by atoms with E-state index >= 15 is 0 Å². The van der Waals surface area contributed by atoms with Gasteiger partial charge in [0.2, 0.25) is 0 Å². The summed E-state index contributed by atoms with van der Waals surface area (Å²) in [5.41, 5.74) is 7.64. The van der Waals surface area contributed by atoms with E-state index in [1.54, 1.807) is 6.92 Å². The Bertz CT molecular complexity index is 1570. The maximum absolute atomic E-state index is 12.8. The lowest BCUT2D eigenvalue weighted by atomic mass is 9.89. The van der Waals surface area contributed by atoms with Crippen molar-refractivity contribution in [2.24, 2.45) is 0 Å². The SMILES string of the molecule is Cc1noc(-c2ccc3c(c2)CCCc2cc(C4(C(=O)O)CC4)ccc2-3)c1NC(=O)OC(C)c1ccccc1. The molecular weight excluding hydrogens is 492 g/mol. The summed E-state index contributed by atoms with van der Waals surface area (Å²) < 4.78 is 11.3. The van der Waals surface area contributed by atoms with Crippen LogP contribution in [0.1, 0.15) is 60.2 Å². The van der Waals surface area contributed by atoms with Gasteiger partial charge >= 0.3 is 12.1 Å². The maximum atomic E-state index is 12.8. The van der Waals surface area contributed by atoms with Crippen LogP contribution in [-0.2, 0) is 27.8 Å². The summed E-state index contributed by atoms with van der Waals surface area (Å²) in [6.07, 6.45) is 3.14. The van der Waals surface area contributed by atoms with Crippen molar-refractivity contribution in [1.82, 2.24) is 5.16 Å². The summed E-state index contributed by atoms with van der Waals surface area (Å²) in [4.78, 5) is 24.6. The van der Waals surface area contributed by atoms with Gasteiger partial charge in [0.25, 0.3) is 0 Å². The van der Waals surface area contributed by atoms with E-state index in [1.807, 2.05) is 49.4 Å². The van der Waals surface area contributed by atoms with Gasteiger partial charge in [-0.25, -0.2) is 4.79 Å². The zero-order chi connectivity index (χ0) is 27.1. The number of carbonyl (C=O) groups is 2. The van der Waals surface area contributed by atoms with E-state index in [4.69, 9.17) is 9.26 Å². The Morgan fingerprint density at radius 3 is 2.38 bits per heavy atom. The van der Waals surface area contributed by atoms with E-state index < -0.39 is 23.6 Å². The van der Waals surface area contributed by atoms with Crippen LogP contribution in [0.25, 0.3) is 22.5 Å². The van der Waals surface area contributed by atoms with Crippen LogP contribution in [0.15, 0.2) is 71.3 Å². The van der Waals surface area contributed by atoms with Gasteiger partial charge < -0.3 is 14.4 Å². The van der Waals surface area contributed by atoms with E-state index in [0.29, 0.717) is 30.0 Å². The van der Waals surface area contributed by atoms with E-state index in [9.17, 15) is 14.7 Å². The van der Waals surface area contributed by atoms with Crippen LogP contribution in [0, 0.1) is 6.92 Å². The third-order valence-electron chi connectivity index (χ3n) is 8.01. The van der Waals surface area contributed by atoms with E-state index in [-0.39, 0.29) is 0 Å². The minimum absolute atomic E-state index is 0.409. The third kappa shape index (κ3) is 4.58. The lowest BCUT2D eigenvalue weighted by molar-refractivity contribution is -0.140. The number of nitrogens with zero attached hydrogens (tertiary/aromatic N) is 1. The molecule has 3 aromatic carbocycles. The Morgan fingerprint density at radius 1 is 1.00 bits per heavy atom. The molecule has 1 fully saturated rings. The summed E-state index contributed by atoms with van der Waals surface area (Å²) in [7, 11) is 0. The van der Waals surface area contributed by atoms with Gasteiger partial charge in [-0.15, -0.1) is 0 Å². The molecular formula is C32H30N2O5. The van der Waals surface area contributed by atoms with E-state index in [0.717, 1.165) is 47.1 Å². The van der Waals surface area contributed by atoms with Crippen molar-refractivity contribution < 1.29 is 24.0 Å². The first kappa shape index (κ1) is 24.9. The summed E-state index contributed by atoms with van der Waals surface area (Å²) >= 11 is 0. The minimum atomic E-state index is -0.730. The minimum Gasteiger partial charge on any atom is -0.481 e. The molecule has 6 rings (SSSR count). The number of amides is 1. The Labute approximate surface area is 226 Å². The number of hydrogen-bond donors (Lipinski definition) is 2. The van der Waals surface area contributed by atoms with Crippen molar-refractivity contribution in [3.63, 3.8) is 0 Å². The topological polar surface area (TPSA) is 102 Å². The highest BCUT2D eigenvalue weighted by molar-refractivity contribution is 5.91. The summed E-state index contributed by atoms with van der Waals surface area (Å²) in [5.74, 6) is -0.247. The summed E-state index contributed by atoms with van der Waals surface area (Å²) in [6, 6.07) is 21.9. The molecule has 1 unspecified atom stereocenters. The highest BCUT2D eigenvalue weighted by Gasteiger charge is 2.51. The predicted molar refractivity (Wildman–Crippen MR) is 148 cm³/mol. The zero-order valence-electron chi connectivity index (χ0n) is 22.0. The molecule has 1 atom stereocenters. The van der Waals surface area contributed by atoms with Crippen molar-refractivity contribution in [1.29, 1.82) is 0 Å². The highest BCUT2D eigenvalue weighted by Crippen LogP contribution is 2.49. The van der Waals surface area contributed by atoms with Gasteiger partial charge in [0.05, 0.1) is 5.41 Å². The second-order valence-electron chi connectivity index (χ2n) is 10.5. The number of aryl methyl sites for hydroxylation is 3. The molecule has 0 saturated heterocycles. The molecule has 7 nitrogen and oxygen atoms in total. The molecule has 4 aromatic rings. The van der Waals surface area contributed by atoms with Crippen LogP contribution < -0.4 is 5.32 Å². The number of aromatic nitrogens is 1. The predicted octanol–water partition coefficient (Wildman–Crippen LogP) is 7.23. The van der Waals surface area contributed by atoms with E-state index in [2.05, 4.69) is 34.7 Å². The van der Waals surface area contributed by atoms with Gasteiger partial charge in [-0.1, -0.05) is 65.8 Å². The largest absolute Gasteiger partial charge is 0.481 e. The van der Waals surface area contributed by atoms with Gasteiger partial charge in [0.1, 0.15) is 17.5 Å². The number of nitrogens with one attached hydrogen (secondary N) is 1. The number of fused-ring (bicyclic) bond motifs is 3. The fraction of sp³-hybridized carbons (Fsp3) is 0.281. The Balaban J connectivity index is 1.26. The number of aliphatic carboxylic acids is 1. The number of anilines is 1. The molecule has 2 N–H and O–H groups in total. The van der Waals surface area contributed by atoms with Crippen LogP contribution in [-0.4, -0.2) is 22.3 Å². The molecule has 1 aromatic heterocycles. The van der Waals surface area contributed by atoms with Crippen molar-refractivity contribution >= 4 is 17.7 Å². The third-order valence-corrected chi connectivity index (χ3v) is 8.01. The molecule has 0 spiro atoms. The van der Waals surface area contributed by atoms with Crippen LogP contribution >= 0.6 is 0 Å². The second kappa shape index (κ2) is 9.73. The molecule has 0 aliphatic heterocycles. The Hall–Kier alpha value is -4.39. The second-order valence-corrected chi connectivity index (χ2v) is 10.5. The lowest BCUT2D eigenvalue weighted by Crippen LogP contribution is -2.19. The normalized spacial score (nSPS) is 15.8. The molecule has 1 heterocycles. The average molecular weight is 523 g/mol. The molecule has 39 heavy (non-hydrogen) atoms. The number of hydrogen-bond acceptors (Lipinski definition) is 5. The van der Waals surface area contributed by atoms with Crippen LogP contribution in [0.4, 0.5) is 10.5 Å². The monoisotopic (exact) mass is 522 g/mol. The van der Waals surface area contributed by atoms with Gasteiger partial charge in [-0.2, -0.15) is 0 Å². The lowest BCUT2D eigenvalue weighted by Gasteiger charge is -2.16. The standard InChI is InChI=1S/C32H30N2O5/c1-19-28(33-31(37)38-20(2)21-7-4-3-5-8-21)29(39-34-19)24-11-13-26-22(17-24)9-6-10-23-18-25(12-14-27(23)26)32(15-16-32)30(35)36/h3-5,7-8,11-14,17-18,20H,6,9-10,15-16H2,1-2H3,(H,33,37)(H,35,36). The number of carbonyl (C=O) groups excluding carboxylic acids is 1. The molecule has 1 saturated carbocycles. The van der Waals surface area contributed by atoms with Crippen LogP contribution in [0.2, 0.25) is 0 Å². The van der Waals surface area contributed by atoms with Crippen molar-refractivity contribution in [3.05, 3.63) is 94.7 Å². The first-order valence-corrected chi connectivity index (χ1v) is 13.3. The molecule has 1 amide bonds. The van der Waals surface area contributed by atoms with Crippen molar-refractivity contribution in [3.8, 4) is 22.5 Å². The van der Waals surface area contributed by atoms with Gasteiger partial charge in [0.15, 0.2) is 5.76 Å². The van der Waals surface area contributed by atoms with Crippen LogP contribution in [0.5, 0.6) is 0 Å². The highest BCUT2D eigenvalue weighted by atomic mass is 16.6. The van der Waals surface area contributed by atoms with E-state index in [1.165, 1.54) is 11.1 Å². The number of ether oxygens (including phenoxy) is 1. The molecule has 7 heteroatoms. The molecule has 2 aliphatic rings. The zero-order valence-corrected chi connectivity index (χ0v) is 22.0. The number of benzene rings is 3. The first-order chi connectivity index (χ1) is 18.9. The van der Waals surface area contributed by atoms with Crippen molar-refractivity contribution in [2.75, 3.05) is 5.32 Å². The van der Waals surface area contributed by atoms with Gasteiger partial charge in [-0.3, -0.25) is 10.1 Å². The van der Waals surface area contributed by atoms with Gasteiger partial charge in [-0.05, 0) is 85.4 Å². The molecule has 0 radical (unpaired) electrons. The average Bonchev–Trinajstić information content (AvgIpc) is 3.71. The fourth-order valence-electron chi connectivity index (χ4n) is 5.58. The van der Waals surface area contributed by atoms with Gasteiger partial charge in [0, 0.05) is 5.56 Å².